The van der Waals surface area contributed by atoms with Crippen molar-refractivity contribution in [1.82, 2.24) is 0 Å². The van der Waals surface area contributed by atoms with Crippen molar-refractivity contribution < 1.29 is 19.4 Å². The van der Waals surface area contributed by atoms with Crippen molar-refractivity contribution in [1.29, 1.82) is 0 Å². The van der Waals surface area contributed by atoms with E-state index in [9.17, 15) is 4.79 Å². The van der Waals surface area contributed by atoms with Gasteiger partial charge in [-0.15, -0.1) is 0 Å². The van der Waals surface area contributed by atoms with Crippen LogP contribution >= 0.6 is 0 Å². The van der Waals surface area contributed by atoms with Crippen molar-refractivity contribution in [2.75, 3.05) is 12.4 Å². The van der Waals surface area contributed by atoms with Gasteiger partial charge in [-0.3, -0.25) is 0 Å². The molecule has 2 N–H and O–H groups in total. The Morgan fingerprint density at radius 3 is 2.43 bits per heavy atom. The number of benzene rings is 2. The molecule has 0 bridgehead atoms. The minimum atomic E-state index is -0.967. The highest BCUT2D eigenvalue weighted by atomic mass is 16.5. The monoisotopic (exact) mass is 315 g/mol. The molecule has 122 valence electrons. The molecule has 0 radical (unpaired) electrons. The number of aromatic carboxylic acids is 1. The van der Waals surface area contributed by atoms with E-state index in [4.69, 9.17) is 14.6 Å². The predicted molar refractivity (Wildman–Crippen MR) is 89.5 cm³/mol. The molecular formula is C18H21NO4. The minimum Gasteiger partial charge on any atom is -0.495 e. The van der Waals surface area contributed by atoms with Crippen LogP contribution in [0.25, 0.3) is 0 Å². The second kappa shape index (κ2) is 7.54. The normalized spacial score (nSPS) is 10.4. The second-order valence-corrected chi connectivity index (χ2v) is 5.38. The van der Waals surface area contributed by atoms with Gasteiger partial charge in [-0.25, -0.2) is 4.79 Å². The Hall–Kier alpha value is -2.69. The van der Waals surface area contributed by atoms with Gasteiger partial charge in [-0.05, 0) is 49.7 Å². The Balaban J connectivity index is 2.07. The van der Waals surface area contributed by atoms with Crippen LogP contribution in [0.15, 0.2) is 42.5 Å². The molecule has 0 aliphatic carbocycles. The van der Waals surface area contributed by atoms with Gasteiger partial charge in [0.15, 0.2) is 0 Å². The molecule has 0 amide bonds. The molecule has 0 unspecified atom stereocenters. The van der Waals surface area contributed by atoms with Crippen LogP contribution in [0.4, 0.5) is 5.69 Å². The third-order valence-corrected chi connectivity index (χ3v) is 3.22. The average molecular weight is 315 g/mol. The molecule has 0 saturated carbocycles. The largest absolute Gasteiger partial charge is 0.495 e. The summed E-state index contributed by atoms with van der Waals surface area (Å²) >= 11 is 0. The number of hydrogen-bond acceptors (Lipinski definition) is 4. The van der Waals surface area contributed by atoms with E-state index in [0.717, 1.165) is 11.3 Å². The number of methoxy groups -OCH3 is 1. The van der Waals surface area contributed by atoms with Gasteiger partial charge < -0.3 is 19.9 Å². The van der Waals surface area contributed by atoms with Crippen molar-refractivity contribution in [2.24, 2.45) is 0 Å². The number of rotatable bonds is 7. The Morgan fingerprint density at radius 1 is 1.17 bits per heavy atom. The lowest BCUT2D eigenvalue weighted by Gasteiger charge is -2.13. The third-order valence-electron chi connectivity index (χ3n) is 3.22. The fourth-order valence-electron chi connectivity index (χ4n) is 2.13. The first-order chi connectivity index (χ1) is 11.0. The number of hydrogen-bond donors (Lipinski definition) is 2. The molecule has 0 heterocycles. The van der Waals surface area contributed by atoms with Crippen LogP contribution in [-0.2, 0) is 6.54 Å². The van der Waals surface area contributed by atoms with E-state index in [-0.39, 0.29) is 11.7 Å². The molecule has 2 rings (SSSR count). The van der Waals surface area contributed by atoms with E-state index >= 15 is 0 Å². The smallest absolute Gasteiger partial charge is 0.335 e. The van der Waals surface area contributed by atoms with E-state index in [1.807, 2.05) is 38.1 Å². The highest BCUT2D eigenvalue weighted by Crippen LogP contribution is 2.26. The summed E-state index contributed by atoms with van der Waals surface area (Å²) < 4.78 is 10.9. The maximum Gasteiger partial charge on any atom is 0.335 e. The van der Waals surface area contributed by atoms with Crippen LogP contribution in [-0.4, -0.2) is 24.3 Å². The van der Waals surface area contributed by atoms with Crippen molar-refractivity contribution in [2.45, 2.75) is 26.5 Å². The molecule has 5 nitrogen and oxygen atoms in total. The number of nitrogens with one attached hydrogen (secondary N) is 1. The first kappa shape index (κ1) is 16.7. The van der Waals surface area contributed by atoms with Crippen LogP contribution in [0.5, 0.6) is 11.5 Å². The summed E-state index contributed by atoms with van der Waals surface area (Å²) in [6.45, 7) is 4.52. The van der Waals surface area contributed by atoms with Crippen molar-refractivity contribution >= 4 is 11.7 Å². The fraction of sp³-hybridized carbons (Fsp3) is 0.278. The van der Waals surface area contributed by atoms with Crippen molar-refractivity contribution in [3.63, 3.8) is 0 Å². The SMILES string of the molecule is COc1ccc(C(=O)O)cc1NCc1ccc(OC(C)C)cc1. The maximum atomic E-state index is 11.1. The third kappa shape index (κ3) is 4.64. The van der Waals surface area contributed by atoms with E-state index in [1.165, 1.54) is 6.07 Å². The highest BCUT2D eigenvalue weighted by Gasteiger charge is 2.09. The van der Waals surface area contributed by atoms with Crippen molar-refractivity contribution in [3.05, 3.63) is 53.6 Å². The zero-order valence-corrected chi connectivity index (χ0v) is 13.5. The summed E-state index contributed by atoms with van der Waals surface area (Å²) in [7, 11) is 1.55. The molecule has 2 aromatic rings. The lowest BCUT2D eigenvalue weighted by molar-refractivity contribution is 0.0697. The van der Waals surface area contributed by atoms with Crippen LogP contribution in [0, 0.1) is 0 Å². The summed E-state index contributed by atoms with van der Waals surface area (Å²) in [5.74, 6) is 0.467. The number of anilines is 1. The van der Waals surface area contributed by atoms with Crippen LogP contribution in [0.2, 0.25) is 0 Å². The van der Waals surface area contributed by atoms with E-state index in [1.54, 1.807) is 19.2 Å². The summed E-state index contributed by atoms with van der Waals surface area (Å²) in [4.78, 5) is 11.1. The standard InChI is InChI=1S/C18H21NO4/c1-12(2)23-15-7-4-13(5-8-15)11-19-16-10-14(18(20)21)6-9-17(16)22-3/h4-10,12,19H,11H2,1-3H3,(H,20,21). The topological polar surface area (TPSA) is 67.8 Å². The maximum absolute atomic E-state index is 11.1. The quantitative estimate of drug-likeness (QED) is 0.813. The minimum absolute atomic E-state index is 0.141. The molecule has 23 heavy (non-hydrogen) atoms. The molecule has 5 heteroatoms. The average Bonchev–Trinajstić information content (AvgIpc) is 2.53. The Kier molecular flexibility index (Phi) is 5.46. The number of carboxylic acid groups (broad SMARTS) is 1. The molecule has 0 aliphatic heterocycles. The lowest BCUT2D eigenvalue weighted by atomic mass is 10.1. The molecule has 0 atom stereocenters. The Morgan fingerprint density at radius 2 is 1.87 bits per heavy atom. The zero-order valence-electron chi connectivity index (χ0n) is 13.5. The van der Waals surface area contributed by atoms with Gasteiger partial charge >= 0.3 is 5.97 Å². The van der Waals surface area contributed by atoms with E-state index < -0.39 is 5.97 Å². The molecule has 2 aromatic carbocycles. The lowest BCUT2D eigenvalue weighted by Crippen LogP contribution is -2.06. The van der Waals surface area contributed by atoms with Crippen molar-refractivity contribution in [3.8, 4) is 11.5 Å². The number of ether oxygens (including phenoxy) is 2. The molecule has 0 spiro atoms. The summed E-state index contributed by atoms with van der Waals surface area (Å²) in [5.41, 5.74) is 1.92. The van der Waals surface area contributed by atoms with Gasteiger partial charge in [-0.2, -0.15) is 0 Å². The Bertz CT molecular complexity index is 665. The first-order valence-corrected chi connectivity index (χ1v) is 7.40. The fourth-order valence-corrected chi connectivity index (χ4v) is 2.13. The van der Waals surface area contributed by atoms with E-state index in [0.29, 0.717) is 18.0 Å². The Labute approximate surface area is 135 Å². The van der Waals surface area contributed by atoms with Gasteiger partial charge in [0.1, 0.15) is 11.5 Å². The van der Waals surface area contributed by atoms with Crippen LogP contribution in [0.3, 0.4) is 0 Å². The van der Waals surface area contributed by atoms with Gasteiger partial charge in [0.25, 0.3) is 0 Å². The molecule has 0 aromatic heterocycles. The predicted octanol–water partition coefficient (Wildman–Crippen LogP) is 3.79. The van der Waals surface area contributed by atoms with Gasteiger partial charge in [0.05, 0.1) is 24.5 Å². The molecule has 0 fully saturated rings. The number of carbonyl (C=O) groups is 1. The van der Waals surface area contributed by atoms with Crippen LogP contribution < -0.4 is 14.8 Å². The van der Waals surface area contributed by atoms with Crippen LogP contribution in [0.1, 0.15) is 29.8 Å². The van der Waals surface area contributed by atoms with Gasteiger partial charge in [-0.1, -0.05) is 12.1 Å². The molecular weight excluding hydrogens is 294 g/mol. The summed E-state index contributed by atoms with van der Waals surface area (Å²) in [6.07, 6.45) is 0.141. The highest BCUT2D eigenvalue weighted by molar-refractivity contribution is 5.89. The van der Waals surface area contributed by atoms with Gasteiger partial charge in [0, 0.05) is 6.54 Å². The summed E-state index contributed by atoms with van der Waals surface area (Å²) in [6, 6.07) is 12.5. The number of carboxylic acids is 1. The summed E-state index contributed by atoms with van der Waals surface area (Å²) in [5, 5.41) is 12.3. The molecule has 0 aliphatic rings. The second-order valence-electron chi connectivity index (χ2n) is 5.38. The van der Waals surface area contributed by atoms with Gasteiger partial charge in [0.2, 0.25) is 0 Å². The molecule has 0 saturated heterocycles. The first-order valence-electron chi connectivity index (χ1n) is 7.40. The van der Waals surface area contributed by atoms with E-state index in [2.05, 4.69) is 5.32 Å². The zero-order chi connectivity index (χ0) is 16.8.